The number of nitrogens with zero attached hydrogens (tertiary/aromatic N) is 3. The van der Waals surface area contributed by atoms with Gasteiger partial charge >= 0.3 is 0 Å². The van der Waals surface area contributed by atoms with Crippen LogP contribution in [-0.4, -0.2) is 21.3 Å². The fourth-order valence-electron chi connectivity index (χ4n) is 1.54. The van der Waals surface area contributed by atoms with Crippen LogP contribution in [0.3, 0.4) is 0 Å². The van der Waals surface area contributed by atoms with Crippen LogP contribution >= 0.6 is 11.8 Å². The Morgan fingerprint density at radius 3 is 2.53 bits per heavy atom. The molecule has 0 saturated carbocycles. The summed E-state index contributed by atoms with van der Waals surface area (Å²) >= 11 is 0.926. The molecule has 0 radical (unpaired) electrons. The van der Waals surface area contributed by atoms with E-state index in [9.17, 15) is 8.78 Å². The zero-order chi connectivity index (χ0) is 13.8. The lowest BCUT2D eigenvalue weighted by Gasteiger charge is -2.07. The van der Waals surface area contributed by atoms with Gasteiger partial charge in [-0.25, -0.2) is 8.78 Å². The number of hydrogen-bond acceptors (Lipinski definition) is 4. The van der Waals surface area contributed by atoms with Gasteiger partial charge in [0.2, 0.25) is 0 Å². The highest BCUT2D eigenvalue weighted by atomic mass is 32.2. The number of aryl methyl sites for hydroxylation is 1. The predicted molar refractivity (Wildman–Crippen MR) is 68.9 cm³/mol. The van der Waals surface area contributed by atoms with Crippen molar-refractivity contribution in [1.82, 2.24) is 20.1 Å². The minimum absolute atomic E-state index is 0.0589. The third-order valence-corrected chi connectivity index (χ3v) is 3.65. The van der Waals surface area contributed by atoms with Crippen molar-refractivity contribution >= 4 is 11.8 Å². The van der Waals surface area contributed by atoms with Crippen molar-refractivity contribution in [3.63, 3.8) is 0 Å². The number of hydrogen-bond donors (Lipinski definition) is 1. The molecule has 7 heteroatoms. The molecule has 1 aromatic heterocycles. The summed E-state index contributed by atoms with van der Waals surface area (Å²) in [5.74, 6) is -1.16. The van der Waals surface area contributed by atoms with Gasteiger partial charge in [-0.15, -0.1) is 10.2 Å². The Kier molecular flexibility index (Phi) is 4.49. The van der Waals surface area contributed by atoms with Crippen molar-refractivity contribution < 1.29 is 8.78 Å². The van der Waals surface area contributed by atoms with Crippen molar-refractivity contribution in [2.75, 3.05) is 6.54 Å². The van der Waals surface area contributed by atoms with E-state index in [2.05, 4.69) is 15.5 Å². The molecule has 0 bridgehead atoms. The van der Waals surface area contributed by atoms with Crippen molar-refractivity contribution in [1.29, 1.82) is 0 Å². The van der Waals surface area contributed by atoms with E-state index in [4.69, 9.17) is 0 Å². The summed E-state index contributed by atoms with van der Waals surface area (Å²) in [4.78, 5) is -0.0589. The molecule has 102 valence electrons. The lowest BCUT2D eigenvalue weighted by molar-refractivity contribution is 0.534. The van der Waals surface area contributed by atoms with Crippen LogP contribution in [-0.2, 0) is 13.6 Å². The van der Waals surface area contributed by atoms with Crippen LogP contribution in [0, 0.1) is 11.6 Å². The smallest absolute Gasteiger partial charge is 0.195 e. The zero-order valence-electron chi connectivity index (χ0n) is 10.7. The molecule has 0 unspecified atom stereocenters. The van der Waals surface area contributed by atoms with E-state index in [1.807, 2.05) is 6.92 Å². The van der Waals surface area contributed by atoms with E-state index >= 15 is 0 Å². The zero-order valence-corrected chi connectivity index (χ0v) is 11.5. The molecule has 0 amide bonds. The van der Waals surface area contributed by atoms with Gasteiger partial charge in [0.25, 0.3) is 0 Å². The van der Waals surface area contributed by atoms with E-state index in [0.717, 1.165) is 18.3 Å². The van der Waals surface area contributed by atoms with E-state index in [0.29, 0.717) is 17.3 Å². The highest BCUT2D eigenvalue weighted by Crippen LogP contribution is 2.31. The quantitative estimate of drug-likeness (QED) is 0.915. The highest BCUT2D eigenvalue weighted by Gasteiger charge is 2.15. The third-order valence-electron chi connectivity index (χ3n) is 2.50. The lowest BCUT2D eigenvalue weighted by atomic mass is 10.2. The average Bonchev–Trinajstić information content (AvgIpc) is 2.77. The Bertz CT molecular complexity index is 548. The van der Waals surface area contributed by atoms with Gasteiger partial charge in [-0.05, 0) is 36.0 Å². The first-order valence-corrected chi connectivity index (χ1v) is 6.64. The standard InChI is InChI=1S/C12H14F2N4S/c1-3-15-6-8-4-9(13)11(10(14)5-8)19-12-17-16-7-18(12)2/h4-5,7,15H,3,6H2,1-2H3. The van der Waals surface area contributed by atoms with Crippen LogP contribution in [0.15, 0.2) is 28.5 Å². The SMILES string of the molecule is CCNCc1cc(F)c(Sc2nncn2C)c(F)c1. The second-order valence-electron chi connectivity index (χ2n) is 4.00. The lowest BCUT2D eigenvalue weighted by Crippen LogP contribution is -2.12. The van der Waals surface area contributed by atoms with Gasteiger partial charge in [0, 0.05) is 13.6 Å². The molecule has 1 aromatic carbocycles. The number of halogens is 2. The molecular formula is C12H14F2N4S. The van der Waals surface area contributed by atoms with Crippen LogP contribution in [0.25, 0.3) is 0 Å². The number of benzene rings is 1. The molecule has 1 heterocycles. The van der Waals surface area contributed by atoms with Crippen molar-refractivity contribution in [3.05, 3.63) is 35.7 Å². The number of aromatic nitrogens is 3. The van der Waals surface area contributed by atoms with Gasteiger partial charge in [-0.3, -0.25) is 0 Å². The monoisotopic (exact) mass is 284 g/mol. The largest absolute Gasteiger partial charge is 0.313 e. The normalized spacial score (nSPS) is 10.9. The van der Waals surface area contributed by atoms with Gasteiger partial charge < -0.3 is 9.88 Å². The van der Waals surface area contributed by atoms with Crippen LogP contribution in [0.2, 0.25) is 0 Å². The van der Waals surface area contributed by atoms with Crippen molar-refractivity contribution in [3.8, 4) is 0 Å². The molecule has 0 atom stereocenters. The predicted octanol–water partition coefficient (Wildman–Crippen LogP) is 2.35. The molecule has 19 heavy (non-hydrogen) atoms. The summed E-state index contributed by atoms with van der Waals surface area (Å²) in [6.45, 7) is 3.13. The molecule has 0 fully saturated rings. The van der Waals surface area contributed by atoms with Gasteiger partial charge in [0.15, 0.2) is 5.16 Å². The summed E-state index contributed by atoms with van der Waals surface area (Å²) in [6, 6.07) is 2.68. The molecule has 2 rings (SSSR count). The fourth-order valence-corrected chi connectivity index (χ4v) is 2.31. The van der Waals surface area contributed by atoms with Crippen LogP contribution in [0.5, 0.6) is 0 Å². The van der Waals surface area contributed by atoms with E-state index in [1.54, 1.807) is 11.6 Å². The molecule has 0 aliphatic carbocycles. The summed E-state index contributed by atoms with van der Waals surface area (Å²) in [6.07, 6.45) is 1.48. The molecule has 0 aliphatic rings. The second kappa shape index (κ2) is 6.12. The molecule has 0 aliphatic heterocycles. The molecule has 0 spiro atoms. The summed E-state index contributed by atoms with van der Waals surface area (Å²) in [5.41, 5.74) is 0.583. The second-order valence-corrected chi connectivity index (χ2v) is 4.97. The van der Waals surface area contributed by atoms with Crippen LogP contribution in [0.4, 0.5) is 8.78 Å². The molecular weight excluding hydrogens is 270 g/mol. The van der Waals surface area contributed by atoms with Gasteiger partial charge in [0.1, 0.15) is 18.0 Å². The molecule has 0 saturated heterocycles. The first-order chi connectivity index (χ1) is 9.11. The Labute approximate surface area is 114 Å². The Hall–Kier alpha value is -1.47. The average molecular weight is 284 g/mol. The highest BCUT2D eigenvalue weighted by molar-refractivity contribution is 7.99. The van der Waals surface area contributed by atoms with Crippen molar-refractivity contribution in [2.24, 2.45) is 7.05 Å². The summed E-state index contributed by atoms with van der Waals surface area (Å²) in [7, 11) is 1.72. The number of nitrogens with one attached hydrogen (secondary N) is 1. The van der Waals surface area contributed by atoms with E-state index in [-0.39, 0.29) is 4.90 Å². The fraction of sp³-hybridized carbons (Fsp3) is 0.333. The van der Waals surface area contributed by atoms with Crippen LogP contribution < -0.4 is 5.32 Å². The van der Waals surface area contributed by atoms with Gasteiger partial charge in [-0.1, -0.05) is 6.92 Å². The van der Waals surface area contributed by atoms with Gasteiger partial charge in [0.05, 0.1) is 4.90 Å². The minimum atomic E-state index is -0.582. The van der Waals surface area contributed by atoms with Crippen LogP contribution in [0.1, 0.15) is 12.5 Å². The first kappa shape index (κ1) is 14.0. The molecule has 2 aromatic rings. The number of rotatable bonds is 5. The first-order valence-electron chi connectivity index (χ1n) is 5.82. The topological polar surface area (TPSA) is 42.7 Å². The Balaban J connectivity index is 2.24. The third kappa shape index (κ3) is 3.30. The maximum Gasteiger partial charge on any atom is 0.195 e. The van der Waals surface area contributed by atoms with Crippen molar-refractivity contribution in [2.45, 2.75) is 23.5 Å². The minimum Gasteiger partial charge on any atom is -0.313 e. The Morgan fingerprint density at radius 2 is 2.00 bits per heavy atom. The molecule has 1 N–H and O–H groups in total. The molecule has 4 nitrogen and oxygen atoms in total. The Morgan fingerprint density at radius 1 is 1.32 bits per heavy atom. The summed E-state index contributed by atoms with van der Waals surface area (Å²) in [5, 5.41) is 10.9. The summed E-state index contributed by atoms with van der Waals surface area (Å²) < 4.78 is 29.4. The maximum atomic E-state index is 13.9. The van der Waals surface area contributed by atoms with Gasteiger partial charge in [-0.2, -0.15) is 0 Å². The maximum absolute atomic E-state index is 13.9. The van der Waals surface area contributed by atoms with E-state index < -0.39 is 11.6 Å². The van der Waals surface area contributed by atoms with E-state index in [1.165, 1.54) is 18.5 Å².